The summed E-state index contributed by atoms with van der Waals surface area (Å²) in [5, 5.41) is 1.18. The molecule has 0 aliphatic heterocycles. The largest absolute Gasteiger partial charge is 0.466 e. The highest BCUT2D eigenvalue weighted by Gasteiger charge is 2.15. The molecular formula is C15H20N2O2. The molecule has 102 valence electrons. The van der Waals surface area contributed by atoms with Crippen molar-refractivity contribution in [2.24, 2.45) is 0 Å². The molecule has 4 heteroatoms. The average Bonchev–Trinajstić information content (AvgIpc) is 2.67. The molecule has 1 aromatic heterocycles. The molecule has 0 saturated carbocycles. The second-order valence-electron chi connectivity index (χ2n) is 4.85. The van der Waals surface area contributed by atoms with Gasteiger partial charge in [-0.1, -0.05) is 18.2 Å². The Balaban J connectivity index is 2.37. The molecule has 0 amide bonds. The molecule has 1 aromatic carbocycles. The lowest BCUT2D eigenvalue weighted by molar-refractivity contribution is -0.142. The first-order valence-electron chi connectivity index (χ1n) is 6.50. The molecular weight excluding hydrogens is 240 g/mol. The topological polar surface area (TPSA) is 45.3 Å². The van der Waals surface area contributed by atoms with Gasteiger partial charge in [-0.2, -0.15) is 0 Å². The highest BCUT2D eigenvalue weighted by Crippen LogP contribution is 2.24. The van der Waals surface area contributed by atoms with Gasteiger partial charge in [0, 0.05) is 23.1 Å². The lowest BCUT2D eigenvalue weighted by Crippen LogP contribution is -2.14. The van der Waals surface area contributed by atoms with Crippen molar-refractivity contribution in [3.8, 4) is 0 Å². The monoisotopic (exact) mass is 260 g/mol. The number of hydrogen-bond acceptors (Lipinski definition) is 3. The molecule has 0 saturated heterocycles. The van der Waals surface area contributed by atoms with Gasteiger partial charge in [-0.15, -0.1) is 0 Å². The SMILES string of the molecule is CCOC(=O)Cc1[nH]c2ccccc2c1CN(C)C. The summed E-state index contributed by atoms with van der Waals surface area (Å²) in [6.07, 6.45) is 0.297. The summed E-state index contributed by atoms with van der Waals surface area (Å²) in [4.78, 5) is 17.1. The van der Waals surface area contributed by atoms with Gasteiger partial charge >= 0.3 is 5.97 Å². The van der Waals surface area contributed by atoms with Crippen LogP contribution in [0.25, 0.3) is 10.9 Å². The molecule has 4 nitrogen and oxygen atoms in total. The van der Waals surface area contributed by atoms with Crippen LogP contribution in [0.4, 0.5) is 0 Å². The number of aromatic amines is 1. The number of nitrogens with one attached hydrogen (secondary N) is 1. The predicted molar refractivity (Wildman–Crippen MR) is 76.0 cm³/mol. The molecule has 0 atom stereocenters. The summed E-state index contributed by atoms with van der Waals surface area (Å²) in [6, 6.07) is 8.12. The Kier molecular flexibility index (Phi) is 4.22. The van der Waals surface area contributed by atoms with E-state index >= 15 is 0 Å². The van der Waals surface area contributed by atoms with E-state index in [0.29, 0.717) is 13.0 Å². The van der Waals surface area contributed by atoms with Gasteiger partial charge in [-0.3, -0.25) is 4.79 Å². The average molecular weight is 260 g/mol. The predicted octanol–water partition coefficient (Wildman–Crippen LogP) is 2.34. The third-order valence-electron chi connectivity index (χ3n) is 3.00. The zero-order valence-corrected chi connectivity index (χ0v) is 11.7. The Hall–Kier alpha value is -1.81. The van der Waals surface area contributed by atoms with Crippen LogP contribution in [0.1, 0.15) is 18.2 Å². The van der Waals surface area contributed by atoms with Crippen LogP contribution in [0.5, 0.6) is 0 Å². The molecule has 0 spiro atoms. The van der Waals surface area contributed by atoms with Gasteiger partial charge in [0.05, 0.1) is 13.0 Å². The van der Waals surface area contributed by atoms with Crippen LogP contribution in [-0.4, -0.2) is 36.6 Å². The van der Waals surface area contributed by atoms with Gasteiger partial charge in [0.25, 0.3) is 0 Å². The first-order chi connectivity index (χ1) is 9.11. The van der Waals surface area contributed by atoms with Crippen LogP contribution in [0.3, 0.4) is 0 Å². The van der Waals surface area contributed by atoms with Crippen LogP contribution in [-0.2, 0) is 22.5 Å². The Labute approximate surface area is 113 Å². The molecule has 0 unspecified atom stereocenters. The van der Waals surface area contributed by atoms with Gasteiger partial charge < -0.3 is 14.6 Å². The Bertz CT molecular complexity index is 573. The van der Waals surface area contributed by atoms with Crippen molar-refractivity contribution in [1.29, 1.82) is 0 Å². The number of para-hydroxylation sites is 1. The molecule has 1 heterocycles. The molecule has 2 aromatic rings. The lowest BCUT2D eigenvalue weighted by Gasteiger charge is -2.11. The number of hydrogen-bond donors (Lipinski definition) is 1. The molecule has 0 fully saturated rings. The van der Waals surface area contributed by atoms with E-state index in [0.717, 1.165) is 17.8 Å². The number of aromatic nitrogens is 1. The van der Waals surface area contributed by atoms with Crippen LogP contribution < -0.4 is 0 Å². The molecule has 19 heavy (non-hydrogen) atoms. The number of carbonyl (C=O) groups excluding carboxylic acids is 1. The first kappa shape index (κ1) is 13.6. The Morgan fingerprint density at radius 1 is 1.32 bits per heavy atom. The summed E-state index contributed by atoms with van der Waals surface area (Å²) in [5.74, 6) is -0.186. The maximum atomic E-state index is 11.7. The van der Waals surface area contributed by atoms with E-state index < -0.39 is 0 Å². The molecule has 0 bridgehead atoms. The minimum atomic E-state index is -0.186. The maximum absolute atomic E-state index is 11.7. The number of fused-ring (bicyclic) bond motifs is 1. The van der Waals surface area contributed by atoms with E-state index in [-0.39, 0.29) is 5.97 Å². The molecule has 0 aliphatic carbocycles. The van der Waals surface area contributed by atoms with E-state index in [2.05, 4.69) is 16.0 Å². The normalized spacial score (nSPS) is 11.2. The zero-order valence-electron chi connectivity index (χ0n) is 11.7. The summed E-state index contributed by atoms with van der Waals surface area (Å²) in [7, 11) is 4.05. The van der Waals surface area contributed by atoms with Crippen LogP contribution in [0.2, 0.25) is 0 Å². The van der Waals surface area contributed by atoms with Gasteiger partial charge in [0.1, 0.15) is 0 Å². The number of ether oxygens (including phenoxy) is 1. The van der Waals surface area contributed by atoms with Gasteiger partial charge in [-0.05, 0) is 32.6 Å². The van der Waals surface area contributed by atoms with E-state index in [1.807, 2.05) is 39.2 Å². The third kappa shape index (κ3) is 3.15. The van der Waals surface area contributed by atoms with Crippen molar-refractivity contribution >= 4 is 16.9 Å². The van der Waals surface area contributed by atoms with Crippen LogP contribution >= 0.6 is 0 Å². The number of nitrogens with zero attached hydrogens (tertiary/aromatic N) is 1. The minimum Gasteiger partial charge on any atom is -0.466 e. The Morgan fingerprint density at radius 2 is 2.05 bits per heavy atom. The van der Waals surface area contributed by atoms with Crippen molar-refractivity contribution in [1.82, 2.24) is 9.88 Å². The van der Waals surface area contributed by atoms with Gasteiger partial charge in [0.15, 0.2) is 0 Å². The fraction of sp³-hybridized carbons (Fsp3) is 0.400. The van der Waals surface area contributed by atoms with Crippen molar-refractivity contribution in [2.45, 2.75) is 19.9 Å². The van der Waals surface area contributed by atoms with Crippen molar-refractivity contribution < 1.29 is 9.53 Å². The second-order valence-corrected chi connectivity index (χ2v) is 4.85. The first-order valence-corrected chi connectivity index (χ1v) is 6.50. The third-order valence-corrected chi connectivity index (χ3v) is 3.00. The Morgan fingerprint density at radius 3 is 2.74 bits per heavy atom. The number of carbonyl (C=O) groups is 1. The van der Waals surface area contributed by atoms with Crippen LogP contribution in [0, 0.1) is 0 Å². The number of rotatable bonds is 5. The highest BCUT2D eigenvalue weighted by molar-refractivity contribution is 5.86. The van der Waals surface area contributed by atoms with E-state index in [4.69, 9.17) is 4.74 Å². The van der Waals surface area contributed by atoms with Crippen molar-refractivity contribution in [3.05, 3.63) is 35.5 Å². The summed E-state index contributed by atoms with van der Waals surface area (Å²) in [5.41, 5.74) is 3.20. The minimum absolute atomic E-state index is 0.186. The summed E-state index contributed by atoms with van der Waals surface area (Å²) in [6.45, 7) is 3.05. The van der Waals surface area contributed by atoms with Crippen molar-refractivity contribution in [2.75, 3.05) is 20.7 Å². The summed E-state index contributed by atoms with van der Waals surface area (Å²) >= 11 is 0. The highest BCUT2D eigenvalue weighted by atomic mass is 16.5. The molecule has 0 aliphatic rings. The van der Waals surface area contributed by atoms with Gasteiger partial charge in [0.2, 0.25) is 0 Å². The fourth-order valence-corrected chi connectivity index (χ4v) is 2.26. The summed E-state index contributed by atoms with van der Waals surface area (Å²) < 4.78 is 5.03. The smallest absolute Gasteiger partial charge is 0.311 e. The second kappa shape index (κ2) is 5.89. The fourth-order valence-electron chi connectivity index (χ4n) is 2.26. The zero-order chi connectivity index (χ0) is 13.8. The van der Waals surface area contributed by atoms with Crippen molar-refractivity contribution in [3.63, 3.8) is 0 Å². The maximum Gasteiger partial charge on any atom is 0.311 e. The van der Waals surface area contributed by atoms with Gasteiger partial charge in [-0.25, -0.2) is 0 Å². The van der Waals surface area contributed by atoms with E-state index in [1.54, 1.807) is 0 Å². The quantitative estimate of drug-likeness (QED) is 0.839. The molecule has 1 N–H and O–H groups in total. The number of H-pyrrole nitrogens is 1. The van der Waals surface area contributed by atoms with Crippen LogP contribution in [0.15, 0.2) is 24.3 Å². The standard InChI is InChI=1S/C15H20N2O2/c1-4-19-15(18)9-14-12(10-17(2)3)11-7-5-6-8-13(11)16-14/h5-8,16H,4,9-10H2,1-3H3. The van der Waals surface area contributed by atoms with E-state index in [1.165, 1.54) is 10.9 Å². The number of esters is 1. The lowest BCUT2D eigenvalue weighted by atomic mass is 10.1. The van der Waals surface area contributed by atoms with E-state index in [9.17, 15) is 4.79 Å². The molecule has 2 rings (SSSR count). The molecule has 0 radical (unpaired) electrons. The number of benzene rings is 1.